The van der Waals surface area contributed by atoms with Gasteiger partial charge in [-0.1, -0.05) is 6.07 Å². The van der Waals surface area contributed by atoms with Crippen LogP contribution in [0.4, 0.5) is 4.79 Å². The van der Waals surface area contributed by atoms with Crippen LogP contribution in [0.5, 0.6) is 0 Å². The first-order valence-corrected chi connectivity index (χ1v) is 6.26. The monoisotopic (exact) mass is 299 g/mol. The van der Waals surface area contributed by atoms with E-state index in [1.807, 2.05) is 0 Å². The third-order valence-corrected chi connectivity index (χ3v) is 3.05. The van der Waals surface area contributed by atoms with E-state index in [9.17, 15) is 4.79 Å². The molecular weight excluding hydrogens is 266 g/mol. The zero-order valence-electron chi connectivity index (χ0n) is 23.0. The number of likely N-dealkylation sites (N-methyl/N-ethyl adjacent to an activating group) is 1. The van der Waals surface area contributed by atoms with Crippen molar-refractivity contribution in [3.8, 4) is 0 Å². The molecule has 0 bridgehead atoms. The second-order valence-corrected chi connectivity index (χ2v) is 4.62. The number of rotatable bonds is 5. The Morgan fingerprint density at radius 3 is 3.33 bits per heavy atom. The van der Waals surface area contributed by atoms with Crippen molar-refractivity contribution < 1.29 is 26.1 Å². The maximum Gasteiger partial charge on any atom is 0.407 e. The number of hydrogen-bond acceptors (Lipinski definition) is 3. The highest BCUT2D eigenvalue weighted by atomic mass is 16.6. The highest BCUT2D eigenvalue weighted by Gasteiger charge is 2.22. The van der Waals surface area contributed by atoms with Crippen molar-refractivity contribution in [2.24, 2.45) is 0 Å². The fourth-order valence-corrected chi connectivity index (χ4v) is 2.12. The van der Waals surface area contributed by atoms with Gasteiger partial charge in [-0.05, 0) is 50.0 Å². The lowest BCUT2D eigenvalue weighted by atomic mass is 10.0. The van der Waals surface area contributed by atoms with E-state index in [2.05, 4.69) is 0 Å². The van der Waals surface area contributed by atoms with E-state index >= 15 is 0 Å². The molecule has 0 unspecified atom stereocenters. The van der Waals surface area contributed by atoms with Crippen molar-refractivity contribution in [1.29, 1.82) is 0 Å². The maximum atomic E-state index is 11.5. The van der Waals surface area contributed by atoms with E-state index < -0.39 is 45.2 Å². The Bertz CT molecular complexity index is 1070. The van der Waals surface area contributed by atoms with Gasteiger partial charge in [0, 0.05) is 34.6 Å². The van der Waals surface area contributed by atoms with Crippen LogP contribution < -0.4 is 5.31 Å². The molecule has 1 atom stereocenters. The number of carbonyl (C=O) groups excluding carboxylic acids is 1. The predicted molar refractivity (Wildman–Crippen MR) is 82.5 cm³/mol. The third kappa shape index (κ3) is 3.19. The summed E-state index contributed by atoms with van der Waals surface area (Å²) in [4.78, 5) is 12.2. The highest BCUT2D eigenvalue weighted by Crippen LogP contribution is 2.21. The molecule has 5 nitrogen and oxygen atoms in total. The van der Waals surface area contributed by atoms with E-state index in [4.69, 9.17) is 21.3 Å². The number of amides is 1. The molecule has 2 aromatic rings. The first-order chi connectivity index (χ1) is 14.9. The van der Waals surface area contributed by atoms with Crippen LogP contribution in [0.1, 0.15) is 24.8 Å². The van der Waals surface area contributed by atoms with Gasteiger partial charge in [0.05, 0.1) is 8.76 Å². The number of ether oxygens (including phenoxy) is 1. The molecule has 0 saturated carbocycles. The Kier molecular flexibility index (Phi) is 1.55. The van der Waals surface area contributed by atoms with Crippen LogP contribution in [0.15, 0.2) is 24.4 Å². The lowest BCUT2D eigenvalue weighted by Gasteiger charge is -2.09. The van der Waals surface area contributed by atoms with Gasteiger partial charge >= 0.3 is 6.09 Å². The van der Waals surface area contributed by atoms with Crippen molar-refractivity contribution in [1.82, 2.24) is 15.2 Å². The van der Waals surface area contributed by atoms with Gasteiger partial charge in [0.25, 0.3) is 0 Å². The predicted octanol–water partition coefficient (Wildman–Crippen LogP) is 1.92. The average Bonchev–Trinajstić information content (AvgIpc) is 3.06. The van der Waals surface area contributed by atoms with Gasteiger partial charge in [0.15, 0.2) is 2.82 Å². The molecule has 1 aliphatic rings. The summed E-state index contributed by atoms with van der Waals surface area (Å²) in [5, 5.41) is 0.437. The summed E-state index contributed by atoms with van der Waals surface area (Å²) in [5.74, 6) is 0. The fourth-order valence-electron chi connectivity index (χ4n) is 2.12. The molecule has 1 aromatic carbocycles. The quantitative estimate of drug-likeness (QED) is 0.887. The van der Waals surface area contributed by atoms with Gasteiger partial charge in [0.1, 0.15) is 6.61 Å². The molecule has 1 aliphatic heterocycles. The minimum Gasteiger partial charge on any atom is -0.447 e. The van der Waals surface area contributed by atoms with E-state index in [0.29, 0.717) is 15.9 Å². The zero-order valence-corrected chi connectivity index (χ0v) is 11.0. The van der Waals surface area contributed by atoms with Crippen molar-refractivity contribution in [2.45, 2.75) is 18.8 Å². The molecule has 3 rings (SSSR count). The largest absolute Gasteiger partial charge is 0.447 e. The van der Waals surface area contributed by atoms with Gasteiger partial charge in [-0.25, -0.2) is 4.79 Å². The van der Waals surface area contributed by atoms with Gasteiger partial charge in [-0.15, -0.1) is 0 Å². The van der Waals surface area contributed by atoms with E-state index in [1.165, 1.54) is 18.2 Å². The molecule has 0 radical (unpaired) electrons. The number of nitrogens with one attached hydrogen (secondary N) is 2. The van der Waals surface area contributed by atoms with Gasteiger partial charge < -0.3 is 19.9 Å². The summed E-state index contributed by atoms with van der Waals surface area (Å²) in [5.41, 5.74) is 0.102. The number of H-pyrrole nitrogens is 1. The number of aromatic nitrogens is 1. The Hall–Kier alpha value is -2.01. The number of aromatic amines is 1. The fraction of sp³-hybridized carbons (Fsp3) is 0.438. The summed E-state index contributed by atoms with van der Waals surface area (Å²) < 4.78 is 98.9. The summed E-state index contributed by atoms with van der Waals surface area (Å²) in [6.45, 7) is -7.75. The van der Waals surface area contributed by atoms with Crippen molar-refractivity contribution in [2.75, 3.05) is 27.1 Å². The van der Waals surface area contributed by atoms with Gasteiger partial charge in [-0.3, -0.25) is 0 Å². The normalized spacial score (nSPS) is 32.4. The Labute approximate surface area is 141 Å². The maximum absolute atomic E-state index is 11.5. The third-order valence-electron chi connectivity index (χ3n) is 3.05. The number of nitrogens with zero attached hydrogens (tertiary/aromatic N) is 1. The Morgan fingerprint density at radius 1 is 1.67 bits per heavy atom. The molecule has 1 amide bonds. The molecule has 1 saturated heterocycles. The van der Waals surface area contributed by atoms with Crippen LogP contribution in [-0.4, -0.2) is 49.1 Å². The SMILES string of the molecule is [2H]c1c(C([2H])([2H])CN(C([2H])([2H])[2H])C([2H])([2H])[2H])c2cc(C[C@@]3([2H])COC(=O)N3[2H])ccc2n1[2H]. The molecule has 112 valence electrons. The number of fused-ring (bicyclic) bond motifs is 1. The second kappa shape index (κ2) is 5.77. The van der Waals surface area contributed by atoms with Gasteiger partial charge in [-0.2, -0.15) is 0 Å². The minimum absolute atomic E-state index is 0.0503. The summed E-state index contributed by atoms with van der Waals surface area (Å²) in [6, 6.07) is 2.54. The lowest BCUT2D eigenvalue weighted by molar-refractivity contribution is 0.177. The molecule has 5 heteroatoms. The van der Waals surface area contributed by atoms with E-state index in [-0.39, 0.29) is 34.4 Å². The standard InChI is InChI=1S/C16H21N3O2/c1-19(2)6-5-12-9-17-15-4-3-11(8-14(12)15)7-13-10-21-16(20)18-13/h3-4,8-9,13,17H,5-7,10H2,1-2H3,(H,18,20)/t13-/m0/s1/i1D3,2D3,5D2,9D,13D/hD2. The van der Waals surface area contributed by atoms with Crippen LogP contribution in [0.3, 0.4) is 0 Å². The van der Waals surface area contributed by atoms with Gasteiger partial charge in [0.2, 0.25) is 0 Å². The lowest BCUT2D eigenvalue weighted by Crippen LogP contribution is -2.28. The number of cyclic esters (lactones) is 1. The Balaban J connectivity index is 2.08. The molecule has 2 N–H and O–H groups in total. The molecule has 0 aliphatic carbocycles. The summed E-state index contributed by atoms with van der Waals surface area (Å²) in [6.07, 6.45) is -4.41. The van der Waals surface area contributed by atoms with Crippen LogP contribution in [0, 0.1) is 0 Å². The average molecular weight is 299 g/mol. The summed E-state index contributed by atoms with van der Waals surface area (Å²) in [7, 11) is 0. The first kappa shape index (κ1) is 5.65. The molecule has 1 fully saturated rings. The highest BCUT2D eigenvalue weighted by molar-refractivity contribution is 5.84. The smallest absolute Gasteiger partial charge is 0.407 e. The van der Waals surface area contributed by atoms with E-state index in [0.717, 1.165) is 0 Å². The number of hydrogen-bond donors (Lipinski definition) is 2. The minimum atomic E-state index is -3.14. The first-order valence-electron chi connectivity index (χ1n) is 12.2. The van der Waals surface area contributed by atoms with Crippen LogP contribution in [0.2, 0.25) is 2.82 Å². The molecule has 21 heavy (non-hydrogen) atoms. The number of alkyl carbamates (subject to hydrolysis) is 1. The molecule has 2 heterocycles. The van der Waals surface area contributed by atoms with Crippen molar-refractivity contribution in [3.63, 3.8) is 0 Å². The zero-order chi connectivity index (χ0) is 25.1. The van der Waals surface area contributed by atoms with Crippen molar-refractivity contribution in [3.05, 3.63) is 35.5 Å². The second-order valence-electron chi connectivity index (χ2n) is 4.62. The van der Waals surface area contributed by atoms with Crippen LogP contribution >= 0.6 is 0 Å². The number of benzene rings is 1. The molecular formula is C16H21N3O2. The number of carbonyl (C=O) groups is 1. The molecule has 1 aromatic heterocycles. The van der Waals surface area contributed by atoms with Crippen LogP contribution in [0.25, 0.3) is 10.9 Å². The molecule has 0 spiro atoms. The summed E-state index contributed by atoms with van der Waals surface area (Å²) >= 11 is 0. The van der Waals surface area contributed by atoms with Crippen LogP contribution in [-0.2, 0) is 17.5 Å². The Morgan fingerprint density at radius 2 is 2.57 bits per heavy atom. The van der Waals surface area contributed by atoms with E-state index in [1.54, 1.807) is 0 Å². The van der Waals surface area contributed by atoms with Crippen molar-refractivity contribution >= 4 is 17.0 Å². The topological polar surface area (TPSA) is 57.4 Å².